The third-order valence-corrected chi connectivity index (χ3v) is 2.77. The van der Waals surface area contributed by atoms with Crippen molar-refractivity contribution in [2.45, 2.75) is 5.92 Å². The Balaban J connectivity index is 2.98. The largest absolute Gasteiger partial charge is 0.469 e. The molecule has 0 aliphatic heterocycles. The van der Waals surface area contributed by atoms with Crippen molar-refractivity contribution < 1.29 is 13.9 Å². The molecule has 2 nitrogen and oxygen atoms in total. The summed E-state index contributed by atoms with van der Waals surface area (Å²) in [5.74, 6) is -0.754. The van der Waals surface area contributed by atoms with Gasteiger partial charge in [0.25, 0.3) is 0 Å². The van der Waals surface area contributed by atoms with Crippen LogP contribution in [-0.4, -0.2) is 25.1 Å². The van der Waals surface area contributed by atoms with Crippen LogP contribution in [0.15, 0.2) is 24.3 Å². The highest BCUT2D eigenvalue weighted by Crippen LogP contribution is 2.23. The fraction of sp³-hybridized carbons (Fsp3) is 0.364. The quantitative estimate of drug-likeness (QED) is 0.740. The van der Waals surface area contributed by atoms with Gasteiger partial charge in [-0.15, -0.1) is 0 Å². The van der Waals surface area contributed by atoms with E-state index >= 15 is 0 Å². The molecule has 0 aliphatic carbocycles. The second-order valence-electron chi connectivity index (χ2n) is 3.05. The number of ether oxygens (including phenoxy) is 1. The smallest absolute Gasteiger partial charge is 0.314 e. The molecular formula is C11H13FO2S. The first-order valence-corrected chi connectivity index (χ1v) is 5.91. The van der Waals surface area contributed by atoms with Gasteiger partial charge in [0.05, 0.1) is 13.0 Å². The molecular weight excluding hydrogens is 215 g/mol. The molecule has 0 aromatic heterocycles. The van der Waals surface area contributed by atoms with Gasteiger partial charge in [0.1, 0.15) is 5.82 Å². The number of methoxy groups -OCH3 is 1. The van der Waals surface area contributed by atoms with Gasteiger partial charge in [-0.3, -0.25) is 4.79 Å². The van der Waals surface area contributed by atoms with Gasteiger partial charge >= 0.3 is 5.97 Å². The van der Waals surface area contributed by atoms with E-state index in [1.165, 1.54) is 24.9 Å². The second kappa shape index (κ2) is 5.75. The number of hydrogen-bond donors (Lipinski definition) is 0. The Kier molecular flexibility index (Phi) is 4.62. The van der Waals surface area contributed by atoms with E-state index in [9.17, 15) is 9.18 Å². The summed E-state index contributed by atoms with van der Waals surface area (Å²) in [6.07, 6.45) is 1.87. The van der Waals surface area contributed by atoms with Crippen LogP contribution in [0, 0.1) is 5.82 Å². The molecule has 82 valence electrons. The molecule has 0 heterocycles. The van der Waals surface area contributed by atoms with Gasteiger partial charge in [-0.25, -0.2) is 4.39 Å². The Morgan fingerprint density at radius 1 is 1.53 bits per heavy atom. The summed E-state index contributed by atoms with van der Waals surface area (Å²) in [5.41, 5.74) is 0.402. The number of carbonyl (C=O) groups excluding carboxylic acids is 1. The minimum Gasteiger partial charge on any atom is -0.469 e. The lowest BCUT2D eigenvalue weighted by Gasteiger charge is -2.14. The highest BCUT2D eigenvalue weighted by atomic mass is 32.2. The normalized spacial score (nSPS) is 12.2. The van der Waals surface area contributed by atoms with Crippen LogP contribution in [0.2, 0.25) is 0 Å². The van der Waals surface area contributed by atoms with Crippen LogP contribution in [-0.2, 0) is 9.53 Å². The van der Waals surface area contributed by atoms with Crippen LogP contribution in [0.5, 0.6) is 0 Å². The van der Waals surface area contributed by atoms with Gasteiger partial charge < -0.3 is 4.74 Å². The van der Waals surface area contributed by atoms with Crippen LogP contribution in [0.4, 0.5) is 4.39 Å². The van der Waals surface area contributed by atoms with Gasteiger partial charge in [-0.1, -0.05) is 18.2 Å². The van der Waals surface area contributed by atoms with Crippen LogP contribution >= 0.6 is 11.8 Å². The topological polar surface area (TPSA) is 26.3 Å². The van der Waals surface area contributed by atoms with Crippen molar-refractivity contribution in [2.24, 2.45) is 0 Å². The van der Waals surface area contributed by atoms with Gasteiger partial charge in [0.15, 0.2) is 0 Å². The molecule has 1 unspecified atom stereocenters. The Hall–Kier alpha value is -1.03. The number of esters is 1. The molecule has 15 heavy (non-hydrogen) atoms. The van der Waals surface area contributed by atoms with Gasteiger partial charge in [-0.05, 0) is 12.3 Å². The van der Waals surface area contributed by atoms with Crippen LogP contribution < -0.4 is 0 Å². The maximum atomic E-state index is 13.4. The molecule has 0 fully saturated rings. The van der Waals surface area contributed by atoms with E-state index in [1.54, 1.807) is 18.2 Å². The first kappa shape index (κ1) is 12.0. The first-order valence-electron chi connectivity index (χ1n) is 4.52. The van der Waals surface area contributed by atoms with E-state index in [0.717, 1.165) is 0 Å². The predicted molar refractivity (Wildman–Crippen MR) is 59.5 cm³/mol. The van der Waals surface area contributed by atoms with Gasteiger partial charge in [-0.2, -0.15) is 11.8 Å². The molecule has 0 radical (unpaired) electrons. The molecule has 0 saturated heterocycles. The van der Waals surface area contributed by atoms with Crippen LogP contribution in [0.1, 0.15) is 11.5 Å². The van der Waals surface area contributed by atoms with E-state index in [2.05, 4.69) is 4.74 Å². The summed E-state index contributed by atoms with van der Waals surface area (Å²) in [6, 6.07) is 6.29. The zero-order chi connectivity index (χ0) is 11.3. The summed E-state index contributed by atoms with van der Waals surface area (Å²) in [4.78, 5) is 11.5. The number of halogens is 1. The van der Waals surface area contributed by atoms with E-state index in [4.69, 9.17) is 0 Å². The van der Waals surface area contributed by atoms with Gasteiger partial charge in [0.2, 0.25) is 0 Å². The Morgan fingerprint density at radius 2 is 2.20 bits per heavy atom. The van der Waals surface area contributed by atoms with E-state index in [0.29, 0.717) is 11.3 Å². The molecule has 0 amide bonds. The molecule has 1 aromatic rings. The van der Waals surface area contributed by atoms with Crippen LogP contribution in [0.25, 0.3) is 0 Å². The Labute approximate surface area is 92.8 Å². The number of rotatable bonds is 4. The van der Waals surface area contributed by atoms with E-state index in [-0.39, 0.29) is 5.82 Å². The molecule has 0 N–H and O–H groups in total. The van der Waals surface area contributed by atoms with Crippen molar-refractivity contribution in [3.8, 4) is 0 Å². The molecule has 1 rings (SSSR count). The van der Waals surface area contributed by atoms with E-state index < -0.39 is 11.9 Å². The lowest BCUT2D eigenvalue weighted by atomic mass is 10.0. The molecule has 1 atom stereocenters. The zero-order valence-electron chi connectivity index (χ0n) is 8.70. The SMILES string of the molecule is COC(=O)C(CSC)c1ccccc1F. The summed E-state index contributed by atoms with van der Waals surface area (Å²) in [6.45, 7) is 0. The van der Waals surface area contributed by atoms with Gasteiger partial charge in [0, 0.05) is 11.3 Å². The molecule has 1 aromatic carbocycles. The lowest BCUT2D eigenvalue weighted by molar-refractivity contribution is -0.141. The minimum absolute atomic E-state index is 0.359. The first-order chi connectivity index (χ1) is 7.20. The van der Waals surface area contributed by atoms with Crippen molar-refractivity contribution >= 4 is 17.7 Å². The Bertz CT molecular complexity index is 341. The maximum absolute atomic E-state index is 13.4. The third kappa shape index (κ3) is 2.96. The molecule has 0 bridgehead atoms. The Morgan fingerprint density at radius 3 is 2.73 bits per heavy atom. The molecule has 0 aliphatic rings. The fourth-order valence-corrected chi connectivity index (χ4v) is 2.00. The number of benzene rings is 1. The average molecular weight is 228 g/mol. The van der Waals surface area contributed by atoms with Crippen molar-refractivity contribution in [1.82, 2.24) is 0 Å². The summed E-state index contributed by atoms with van der Waals surface area (Å²) in [7, 11) is 1.32. The predicted octanol–water partition coefficient (Wildman–Crippen LogP) is 2.45. The molecule has 0 saturated carbocycles. The third-order valence-electron chi connectivity index (χ3n) is 2.10. The average Bonchev–Trinajstić information content (AvgIpc) is 2.26. The van der Waals surface area contributed by atoms with Crippen molar-refractivity contribution in [2.75, 3.05) is 19.1 Å². The van der Waals surface area contributed by atoms with Crippen molar-refractivity contribution in [3.05, 3.63) is 35.6 Å². The van der Waals surface area contributed by atoms with Crippen molar-refractivity contribution in [3.63, 3.8) is 0 Å². The highest BCUT2D eigenvalue weighted by molar-refractivity contribution is 7.98. The number of carbonyl (C=O) groups is 1. The monoisotopic (exact) mass is 228 g/mol. The standard InChI is InChI=1S/C11H13FO2S/c1-14-11(13)9(7-15-2)8-5-3-4-6-10(8)12/h3-6,9H,7H2,1-2H3. The molecule has 4 heteroatoms. The summed E-state index contributed by atoms with van der Waals surface area (Å²) in [5, 5.41) is 0. The second-order valence-corrected chi connectivity index (χ2v) is 3.96. The lowest BCUT2D eigenvalue weighted by Crippen LogP contribution is -2.17. The highest BCUT2D eigenvalue weighted by Gasteiger charge is 2.23. The number of thioether (sulfide) groups is 1. The summed E-state index contributed by atoms with van der Waals surface area (Å²) < 4.78 is 18.1. The summed E-state index contributed by atoms with van der Waals surface area (Å²) >= 11 is 1.49. The molecule has 0 spiro atoms. The maximum Gasteiger partial charge on any atom is 0.314 e. The zero-order valence-corrected chi connectivity index (χ0v) is 9.51. The fourth-order valence-electron chi connectivity index (χ4n) is 1.35. The minimum atomic E-state index is -0.522. The van der Waals surface area contributed by atoms with E-state index in [1.807, 2.05) is 6.26 Å². The van der Waals surface area contributed by atoms with Crippen molar-refractivity contribution in [1.29, 1.82) is 0 Å². The number of hydrogen-bond acceptors (Lipinski definition) is 3. The van der Waals surface area contributed by atoms with Crippen LogP contribution in [0.3, 0.4) is 0 Å².